The topological polar surface area (TPSA) is 68.9 Å². The number of hydrogen-bond donors (Lipinski definition) is 2. The molecule has 1 aromatic heterocycles. The smallest absolute Gasteiger partial charge is 0.103 e. The number of hydrogen-bond acceptors (Lipinski definition) is 4. The zero-order valence-corrected chi connectivity index (χ0v) is 7.64. The first kappa shape index (κ1) is 8.97. The normalized spacial score (nSPS) is 24.0. The molecule has 14 heavy (non-hydrogen) atoms. The van der Waals surface area contributed by atoms with Gasteiger partial charge in [0.05, 0.1) is 11.3 Å². The lowest BCUT2D eigenvalue weighted by molar-refractivity contribution is 0.275. The van der Waals surface area contributed by atoms with Gasteiger partial charge in [0.15, 0.2) is 0 Å². The zero-order valence-electron chi connectivity index (χ0n) is 7.64. The van der Waals surface area contributed by atoms with E-state index in [1.54, 1.807) is 18.5 Å². The molecule has 0 saturated heterocycles. The molecular weight excluding hydrogens is 178 g/mol. The van der Waals surface area contributed by atoms with E-state index in [1.807, 2.05) is 0 Å². The van der Waals surface area contributed by atoms with Gasteiger partial charge in [-0.2, -0.15) is 5.26 Å². The lowest BCUT2D eigenvalue weighted by Gasteiger charge is -2.05. The fourth-order valence-electron chi connectivity index (χ4n) is 1.44. The first-order chi connectivity index (χ1) is 6.85. The van der Waals surface area contributed by atoms with Crippen LogP contribution in [-0.2, 0) is 0 Å². The van der Waals surface area contributed by atoms with Gasteiger partial charge in [0.2, 0.25) is 0 Å². The Hall–Kier alpha value is -1.60. The number of aromatic nitrogens is 1. The molecule has 1 aliphatic rings. The summed E-state index contributed by atoms with van der Waals surface area (Å²) in [6.07, 6.45) is 4.17. The molecule has 0 aliphatic heterocycles. The summed E-state index contributed by atoms with van der Waals surface area (Å²) in [4.78, 5) is 3.87. The Morgan fingerprint density at radius 3 is 3.21 bits per heavy atom. The molecule has 0 bridgehead atoms. The van der Waals surface area contributed by atoms with Crippen LogP contribution in [0.4, 0.5) is 5.69 Å². The van der Waals surface area contributed by atoms with Crippen LogP contribution in [-0.4, -0.2) is 22.7 Å². The second-order valence-electron chi connectivity index (χ2n) is 3.46. The van der Waals surface area contributed by atoms with Gasteiger partial charge in [0.25, 0.3) is 0 Å². The molecule has 2 unspecified atom stereocenters. The minimum Gasteiger partial charge on any atom is -0.396 e. The predicted octanol–water partition coefficient (Wildman–Crippen LogP) is 0.746. The maximum Gasteiger partial charge on any atom is 0.103 e. The van der Waals surface area contributed by atoms with E-state index < -0.39 is 0 Å². The van der Waals surface area contributed by atoms with Gasteiger partial charge in [-0.3, -0.25) is 4.98 Å². The Balaban J connectivity index is 2.07. The molecule has 2 atom stereocenters. The highest BCUT2D eigenvalue weighted by Gasteiger charge is 2.36. The highest BCUT2D eigenvalue weighted by Crippen LogP contribution is 2.33. The van der Waals surface area contributed by atoms with Gasteiger partial charge >= 0.3 is 0 Å². The fraction of sp³-hybridized carbons (Fsp3) is 0.400. The van der Waals surface area contributed by atoms with Crippen LogP contribution in [0.3, 0.4) is 0 Å². The monoisotopic (exact) mass is 189 g/mol. The van der Waals surface area contributed by atoms with Gasteiger partial charge in [-0.25, -0.2) is 0 Å². The van der Waals surface area contributed by atoms with E-state index in [-0.39, 0.29) is 6.61 Å². The van der Waals surface area contributed by atoms with Crippen LogP contribution in [0.15, 0.2) is 18.5 Å². The van der Waals surface area contributed by atoms with Crippen molar-refractivity contribution < 1.29 is 5.11 Å². The van der Waals surface area contributed by atoms with Crippen LogP contribution in [0.25, 0.3) is 0 Å². The summed E-state index contributed by atoms with van der Waals surface area (Å²) in [5.41, 5.74) is 1.36. The van der Waals surface area contributed by atoms with Crippen LogP contribution < -0.4 is 5.32 Å². The highest BCUT2D eigenvalue weighted by atomic mass is 16.3. The summed E-state index contributed by atoms with van der Waals surface area (Å²) in [7, 11) is 0. The van der Waals surface area contributed by atoms with E-state index in [0.717, 1.165) is 12.1 Å². The molecule has 1 aliphatic carbocycles. The minimum absolute atomic E-state index is 0.213. The second-order valence-corrected chi connectivity index (χ2v) is 3.46. The molecule has 0 radical (unpaired) electrons. The number of pyridine rings is 1. The lowest BCUT2D eigenvalue weighted by atomic mass is 10.2. The summed E-state index contributed by atoms with van der Waals surface area (Å²) >= 11 is 0. The lowest BCUT2D eigenvalue weighted by Crippen LogP contribution is -2.07. The second kappa shape index (κ2) is 3.64. The molecule has 4 nitrogen and oxygen atoms in total. The van der Waals surface area contributed by atoms with Crippen molar-refractivity contribution in [3.05, 3.63) is 24.0 Å². The van der Waals surface area contributed by atoms with E-state index in [0.29, 0.717) is 17.5 Å². The Morgan fingerprint density at radius 2 is 2.57 bits per heavy atom. The Kier molecular flexibility index (Phi) is 2.33. The maximum atomic E-state index is 8.86. The van der Waals surface area contributed by atoms with Gasteiger partial charge in [0.1, 0.15) is 6.07 Å². The largest absolute Gasteiger partial charge is 0.396 e. The minimum atomic E-state index is 0.213. The van der Waals surface area contributed by atoms with Crippen molar-refractivity contribution >= 4 is 5.69 Å². The maximum absolute atomic E-state index is 8.86. The zero-order chi connectivity index (χ0) is 9.97. The van der Waals surface area contributed by atoms with Gasteiger partial charge < -0.3 is 10.4 Å². The van der Waals surface area contributed by atoms with Crippen LogP contribution in [0.1, 0.15) is 12.0 Å². The molecule has 1 aromatic rings. The number of rotatable bonds is 3. The summed E-state index contributed by atoms with van der Waals surface area (Å²) in [5.74, 6) is 0.342. The predicted molar refractivity (Wildman–Crippen MR) is 51.6 cm³/mol. The van der Waals surface area contributed by atoms with Gasteiger partial charge in [-0.05, 0) is 12.5 Å². The van der Waals surface area contributed by atoms with Crippen molar-refractivity contribution in [3.8, 4) is 6.07 Å². The number of nitriles is 1. The van der Waals surface area contributed by atoms with Crippen molar-refractivity contribution in [2.75, 3.05) is 11.9 Å². The van der Waals surface area contributed by atoms with Gasteiger partial charge in [-0.1, -0.05) is 0 Å². The SMILES string of the molecule is N#Cc1cnccc1NC1CC1CO. The Morgan fingerprint density at radius 1 is 1.71 bits per heavy atom. The first-order valence-electron chi connectivity index (χ1n) is 4.56. The molecule has 1 heterocycles. The van der Waals surface area contributed by atoms with Crippen LogP contribution in [0.5, 0.6) is 0 Å². The number of nitrogens with zero attached hydrogens (tertiary/aromatic N) is 2. The molecule has 1 fully saturated rings. The van der Waals surface area contributed by atoms with Gasteiger partial charge in [-0.15, -0.1) is 0 Å². The average molecular weight is 189 g/mol. The molecule has 2 N–H and O–H groups in total. The quantitative estimate of drug-likeness (QED) is 0.736. The van der Waals surface area contributed by atoms with Crippen molar-refractivity contribution in [2.24, 2.45) is 5.92 Å². The number of aliphatic hydroxyl groups excluding tert-OH is 1. The van der Waals surface area contributed by atoms with Crippen LogP contribution in [0.2, 0.25) is 0 Å². The van der Waals surface area contributed by atoms with E-state index in [2.05, 4.69) is 16.4 Å². The van der Waals surface area contributed by atoms with Crippen molar-refractivity contribution in [1.29, 1.82) is 5.26 Å². The van der Waals surface area contributed by atoms with Crippen molar-refractivity contribution in [2.45, 2.75) is 12.5 Å². The molecule has 2 rings (SSSR count). The number of aliphatic hydroxyl groups is 1. The van der Waals surface area contributed by atoms with Crippen LogP contribution in [0, 0.1) is 17.2 Å². The summed E-state index contributed by atoms with van der Waals surface area (Å²) in [6, 6.07) is 4.17. The summed E-state index contributed by atoms with van der Waals surface area (Å²) in [6.45, 7) is 0.213. The number of anilines is 1. The van der Waals surface area contributed by atoms with Crippen molar-refractivity contribution in [1.82, 2.24) is 4.98 Å². The molecule has 0 spiro atoms. The summed E-state index contributed by atoms with van der Waals surface area (Å²) < 4.78 is 0. The highest BCUT2D eigenvalue weighted by molar-refractivity contribution is 5.57. The first-order valence-corrected chi connectivity index (χ1v) is 4.56. The average Bonchev–Trinajstić information content (AvgIpc) is 2.97. The third-order valence-electron chi connectivity index (χ3n) is 2.44. The van der Waals surface area contributed by atoms with E-state index >= 15 is 0 Å². The summed E-state index contributed by atoms with van der Waals surface area (Å²) in [5, 5.41) is 20.9. The Labute approximate surface area is 82.2 Å². The molecular formula is C10H11N3O. The van der Waals surface area contributed by atoms with E-state index in [9.17, 15) is 0 Å². The molecule has 0 aromatic carbocycles. The Bertz CT molecular complexity index is 372. The number of nitrogens with one attached hydrogen (secondary N) is 1. The molecule has 1 saturated carbocycles. The standard InChI is InChI=1S/C10H11N3O/c11-4-8-5-12-2-1-9(8)13-10-3-7(10)6-14/h1-2,5,7,10,14H,3,6H2,(H,12,13). The third kappa shape index (κ3) is 1.68. The van der Waals surface area contributed by atoms with Crippen molar-refractivity contribution in [3.63, 3.8) is 0 Å². The van der Waals surface area contributed by atoms with Gasteiger partial charge in [0, 0.05) is 31.0 Å². The third-order valence-corrected chi connectivity index (χ3v) is 2.44. The van der Waals surface area contributed by atoms with E-state index in [4.69, 9.17) is 10.4 Å². The molecule has 4 heteroatoms. The molecule has 72 valence electrons. The van der Waals surface area contributed by atoms with Crippen LogP contribution >= 0.6 is 0 Å². The van der Waals surface area contributed by atoms with E-state index in [1.165, 1.54) is 0 Å². The fourth-order valence-corrected chi connectivity index (χ4v) is 1.44. The molecule has 0 amide bonds.